The minimum absolute atomic E-state index is 0. The summed E-state index contributed by atoms with van der Waals surface area (Å²) in [5.41, 5.74) is 1.12. The van der Waals surface area contributed by atoms with Gasteiger partial charge in [0.05, 0.1) is 0 Å². The molecule has 3 aliphatic heterocycles. The van der Waals surface area contributed by atoms with Gasteiger partial charge in [0.15, 0.2) is 0 Å². The van der Waals surface area contributed by atoms with Crippen molar-refractivity contribution in [2.24, 2.45) is 5.92 Å². The van der Waals surface area contributed by atoms with Gasteiger partial charge in [-0.15, -0.1) is 24.8 Å². The molecule has 1 amide bonds. The Hall–Kier alpha value is -1.17. The van der Waals surface area contributed by atoms with Crippen LogP contribution in [-0.2, 0) is 4.79 Å². The lowest BCUT2D eigenvalue weighted by molar-refractivity contribution is -0.132. The molecule has 4 rings (SSSR count). The van der Waals surface area contributed by atoms with Crippen LogP contribution in [0.2, 0.25) is 0 Å². The number of carbonyl (C=O) groups is 1. The van der Waals surface area contributed by atoms with Crippen molar-refractivity contribution in [2.45, 2.75) is 44.2 Å². The van der Waals surface area contributed by atoms with Crippen molar-refractivity contribution in [1.82, 2.24) is 10.2 Å². The van der Waals surface area contributed by atoms with Gasteiger partial charge in [0.25, 0.3) is 0 Å². The van der Waals surface area contributed by atoms with Gasteiger partial charge in [-0.1, -0.05) is 0 Å². The van der Waals surface area contributed by atoms with Crippen molar-refractivity contribution in [1.29, 1.82) is 0 Å². The van der Waals surface area contributed by atoms with Gasteiger partial charge in [0.1, 0.15) is 5.75 Å². The van der Waals surface area contributed by atoms with Crippen LogP contribution < -0.4 is 10.2 Å². The van der Waals surface area contributed by atoms with Crippen LogP contribution in [0.15, 0.2) is 24.3 Å². The topological polar surface area (TPSA) is 55.8 Å². The lowest BCUT2D eigenvalue weighted by Crippen LogP contribution is -2.49. The molecule has 0 spiro atoms. The number of phenolic OH excluding ortho intramolecular Hbond substituents is 1. The van der Waals surface area contributed by atoms with E-state index in [1.807, 2.05) is 17.0 Å². The minimum Gasteiger partial charge on any atom is -0.508 e. The summed E-state index contributed by atoms with van der Waals surface area (Å²) < 4.78 is 0. The number of aromatic hydroxyl groups is 1. The van der Waals surface area contributed by atoms with Gasteiger partial charge < -0.3 is 20.2 Å². The van der Waals surface area contributed by atoms with E-state index in [1.165, 1.54) is 25.7 Å². The molecule has 3 heterocycles. The largest absolute Gasteiger partial charge is 0.508 e. The van der Waals surface area contributed by atoms with Crippen molar-refractivity contribution >= 4 is 36.4 Å². The van der Waals surface area contributed by atoms with Crippen LogP contribution in [-0.4, -0.2) is 54.2 Å². The highest BCUT2D eigenvalue weighted by Crippen LogP contribution is 2.33. The van der Waals surface area contributed by atoms with E-state index in [9.17, 15) is 9.90 Å². The second-order valence-electron chi connectivity index (χ2n) is 7.56. The Morgan fingerprint density at radius 1 is 1.00 bits per heavy atom. The van der Waals surface area contributed by atoms with E-state index in [0.29, 0.717) is 29.7 Å². The number of piperazine rings is 1. The zero-order valence-electron chi connectivity index (χ0n) is 15.0. The number of carbonyl (C=O) groups excluding carboxylic acids is 1. The van der Waals surface area contributed by atoms with Crippen molar-refractivity contribution < 1.29 is 9.90 Å². The van der Waals surface area contributed by atoms with Crippen LogP contribution in [0.1, 0.15) is 32.1 Å². The number of anilines is 1. The van der Waals surface area contributed by atoms with Crippen molar-refractivity contribution in [3.8, 4) is 5.75 Å². The third-order valence-corrected chi connectivity index (χ3v) is 5.88. The van der Waals surface area contributed by atoms with Gasteiger partial charge in [-0.25, -0.2) is 0 Å². The Balaban J connectivity index is 0.00000121. The van der Waals surface area contributed by atoms with Gasteiger partial charge in [0.2, 0.25) is 5.91 Å². The Kier molecular flexibility index (Phi) is 7.44. The van der Waals surface area contributed by atoms with Gasteiger partial charge in [-0.3, -0.25) is 4.79 Å². The number of nitrogens with one attached hydrogen (secondary N) is 1. The number of rotatable bonds is 3. The number of benzene rings is 1. The predicted molar refractivity (Wildman–Crippen MR) is 109 cm³/mol. The van der Waals surface area contributed by atoms with Crippen molar-refractivity contribution in [3.05, 3.63) is 24.3 Å². The fraction of sp³-hybridized carbons (Fsp3) is 0.632. The van der Waals surface area contributed by atoms with E-state index in [4.69, 9.17) is 0 Å². The summed E-state index contributed by atoms with van der Waals surface area (Å²) >= 11 is 0. The molecule has 0 aliphatic carbocycles. The summed E-state index contributed by atoms with van der Waals surface area (Å²) in [6, 6.07) is 8.65. The molecule has 146 valence electrons. The van der Waals surface area contributed by atoms with E-state index >= 15 is 0 Å². The maximum atomic E-state index is 12.6. The second kappa shape index (κ2) is 9.16. The zero-order valence-corrected chi connectivity index (χ0v) is 16.6. The number of halogens is 2. The number of hydrogen-bond acceptors (Lipinski definition) is 4. The monoisotopic (exact) mass is 401 g/mol. The average molecular weight is 402 g/mol. The third kappa shape index (κ3) is 4.76. The molecule has 2 atom stereocenters. The normalized spacial score (nSPS) is 27.5. The Morgan fingerprint density at radius 2 is 1.58 bits per heavy atom. The summed E-state index contributed by atoms with van der Waals surface area (Å²) in [4.78, 5) is 17.0. The van der Waals surface area contributed by atoms with Crippen LogP contribution in [0.5, 0.6) is 5.75 Å². The number of hydrogen-bond donors (Lipinski definition) is 2. The third-order valence-electron chi connectivity index (χ3n) is 5.88. The highest BCUT2D eigenvalue weighted by molar-refractivity contribution is 5.85. The van der Waals surface area contributed by atoms with E-state index in [2.05, 4.69) is 10.2 Å². The quantitative estimate of drug-likeness (QED) is 0.817. The number of fused-ring (bicyclic) bond motifs is 2. The zero-order chi connectivity index (χ0) is 16.5. The number of piperidine rings is 1. The summed E-state index contributed by atoms with van der Waals surface area (Å²) in [6.07, 6.45) is 5.67. The molecule has 1 aromatic carbocycles. The van der Waals surface area contributed by atoms with Crippen LogP contribution in [0.4, 0.5) is 5.69 Å². The smallest absolute Gasteiger partial charge is 0.222 e. The average Bonchev–Trinajstić information content (AvgIpc) is 2.94. The highest BCUT2D eigenvalue weighted by Gasteiger charge is 2.35. The van der Waals surface area contributed by atoms with Crippen LogP contribution in [0.25, 0.3) is 0 Å². The molecular formula is C19H29Cl2N3O2. The maximum Gasteiger partial charge on any atom is 0.222 e. The molecule has 3 saturated heterocycles. The lowest BCUT2D eigenvalue weighted by Gasteiger charge is -2.37. The van der Waals surface area contributed by atoms with Crippen molar-refractivity contribution in [3.63, 3.8) is 0 Å². The van der Waals surface area contributed by atoms with E-state index in [0.717, 1.165) is 38.3 Å². The highest BCUT2D eigenvalue weighted by atomic mass is 35.5. The fourth-order valence-electron chi connectivity index (χ4n) is 4.60. The molecule has 0 saturated carbocycles. The molecule has 0 radical (unpaired) electrons. The molecular weight excluding hydrogens is 373 g/mol. The second-order valence-corrected chi connectivity index (χ2v) is 7.56. The summed E-state index contributed by atoms with van der Waals surface area (Å²) in [5.74, 6) is 1.21. The molecule has 0 aromatic heterocycles. The Morgan fingerprint density at radius 3 is 2.15 bits per heavy atom. The number of nitrogens with zero attached hydrogens (tertiary/aromatic N) is 2. The molecule has 5 nitrogen and oxygen atoms in total. The maximum absolute atomic E-state index is 12.6. The van der Waals surface area contributed by atoms with Gasteiger partial charge in [-0.2, -0.15) is 0 Å². The molecule has 2 unspecified atom stereocenters. The predicted octanol–water partition coefficient (Wildman–Crippen LogP) is 2.81. The van der Waals surface area contributed by atoms with Crippen LogP contribution >= 0.6 is 24.8 Å². The molecule has 26 heavy (non-hydrogen) atoms. The molecule has 1 aromatic rings. The summed E-state index contributed by atoms with van der Waals surface area (Å²) in [7, 11) is 0. The Labute approximate surface area is 167 Å². The molecule has 2 bridgehead atoms. The van der Waals surface area contributed by atoms with Crippen LogP contribution in [0, 0.1) is 5.92 Å². The molecule has 3 aliphatic rings. The number of phenols is 1. The minimum atomic E-state index is 0. The fourth-order valence-corrected chi connectivity index (χ4v) is 4.60. The first-order valence-corrected chi connectivity index (χ1v) is 9.25. The van der Waals surface area contributed by atoms with Crippen LogP contribution in [0.3, 0.4) is 0 Å². The Bertz CT molecular complexity index is 579. The van der Waals surface area contributed by atoms with E-state index in [-0.39, 0.29) is 24.8 Å². The van der Waals surface area contributed by atoms with Gasteiger partial charge in [0, 0.05) is 50.4 Å². The van der Waals surface area contributed by atoms with Gasteiger partial charge in [-0.05, 0) is 55.9 Å². The molecule has 3 fully saturated rings. The number of amides is 1. The van der Waals surface area contributed by atoms with E-state index in [1.54, 1.807) is 12.1 Å². The molecule has 7 heteroatoms. The summed E-state index contributed by atoms with van der Waals surface area (Å²) in [5, 5.41) is 13.0. The SMILES string of the molecule is Cl.Cl.O=C(CC1CC2CCC(C1)N2)N1CCN(c2ccc(O)cc2)CC1. The molecule has 2 N–H and O–H groups in total. The van der Waals surface area contributed by atoms with E-state index < -0.39 is 0 Å². The summed E-state index contributed by atoms with van der Waals surface area (Å²) in [6.45, 7) is 3.34. The van der Waals surface area contributed by atoms with Crippen molar-refractivity contribution in [2.75, 3.05) is 31.1 Å². The first kappa shape index (κ1) is 21.1. The first-order chi connectivity index (χ1) is 11.7. The standard InChI is InChI=1S/C19H27N3O2.2ClH/c23-18-5-3-17(4-6-18)21-7-9-22(10-8-21)19(24)13-14-11-15-1-2-16(12-14)20-15;;/h3-6,14-16,20,23H,1-2,7-13H2;2*1H. The first-order valence-electron chi connectivity index (χ1n) is 9.25. The lowest BCUT2D eigenvalue weighted by atomic mass is 9.89. The van der Waals surface area contributed by atoms with Gasteiger partial charge >= 0.3 is 0 Å².